The van der Waals surface area contributed by atoms with Crippen LogP contribution in [0.4, 0.5) is 4.20 Å². The first-order chi connectivity index (χ1) is 14.3. The quantitative estimate of drug-likeness (QED) is 0.0935. The third-order valence-electron chi connectivity index (χ3n) is 5.02. The lowest BCUT2D eigenvalue weighted by Gasteiger charge is -2.29. The summed E-state index contributed by atoms with van der Waals surface area (Å²) in [5.74, 6) is -0.898. The summed E-state index contributed by atoms with van der Waals surface area (Å²) in [5, 5.41) is 15.4. The van der Waals surface area contributed by atoms with E-state index in [0.717, 1.165) is 18.4 Å². The molecule has 11 heteroatoms. The lowest BCUT2D eigenvalue weighted by atomic mass is 9.96. The Morgan fingerprint density at radius 3 is 2.60 bits per heavy atom. The number of esters is 1. The predicted molar refractivity (Wildman–Crippen MR) is 118 cm³/mol. The fraction of sp³-hybridized carbons (Fsp3) is 0.526. The number of carbonyl (C=O) groups is 2. The largest absolute Gasteiger partial charge is 0.459 e. The molecule has 1 aliphatic rings. The molecule has 8 nitrogen and oxygen atoms in total. The van der Waals surface area contributed by atoms with Gasteiger partial charge in [-0.15, -0.1) is 0 Å². The Morgan fingerprint density at radius 1 is 1.30 bits per heavy atom. The van der Waals surface area contributed by atoms with Crippen molar-refractivity contribution in [3.63, 3.8) is 0 Å². The Hall–Kier alpha value is -2.19. The van der Waals surface area contributed by atoms with Crippen LogP contribution < -0.4 is 21.5 Å². The molecule has 0 radical (unpaired) electrons. The van der Waals surface area contributed by atoms with Gasteiger partial charge in [-0.05, 0) is 31.2 Å². The highest BCUT2D eigenvalue weighted by Crippen LogP contribution is 2.31. The first-order valence-electron chi connectivity index (χ1n) is 10.1. The van der Waals surface area contributed by atoms with Gasteiger partial charge in [0.2, 0.25) is 13.5 Å². The number of amides is 1. The number of rotatable bonds is 10. The van der Waals surface area contributed by atoms with Crippen LogP contribution in [-0.4, -0.2) is 43.5 Å². The minimum absolute atomic E-state index is 0.0878. The second-order valence-electron chi connectivity index (χ2n) is 7.48. The van der Waals surface area contributed by atoms with Crippen LogP contribution in [0, 0.1) is 5.41 Å². The number of benzene rings is 1. The van der Waals surface area contributed by atoms with Crippen LogP contribution in [0.1, 0.15) is 44.1 Å². The maximum atomic E-state index is 12.8. The van der Waals surface area contributed by atoms with E-state index < -0.39 is 25.8 Å². The van der Waals surface area contributed by atoms with Crippen LogP contribution in [0.15, 0.2) is 30.3 Å². The van der Waals surface area contributed by atoms with E-state index in [-0.39, 0.29) is 18.5 Å². The zero-order chi connectivity index (χ0) is 22.0. The van der Waals surface area contributed by atoms with Gasteiger partial charge >= 0.3 is 5.97 Å². The SMILES string of the molecule is BP(F)NC(=N)NCCC[C@@H](N)C(=O)NC1(C(=O)OCc2ccccc2)CCCC1. The van der Waals surface area contributed by atoms with Gasteiger partial charge in [-0.25, -0.2) is 8.99 Å². The normalized spacial score (nSPS) is 16.9. The van der Waals surface area contributed by atoms with Crippen LogP contribution >= 0.6 is 8.26 Å². The van der Waals surface area contributed by atoms with Crippen molar-refractivity contribution in [2.24, 2.45) is 5.73 Å². The molecule has 0 spiro atoms. The van der Waals surface area contributed by atoms with Crippen molar-refractivity contribution < 1.29 is 18.5 Å². The van der Waals surface area contributed by atoms with Gasteiger partial charge in [0.1, 0.15) is 20.4 Å². The maximum absolute atomic E-state index is 12.8. The Bertz CT molecular complexity index is 719. The summed E-state index contributed by atoms with van der Waals surface area (Å²) in [6.45, 7) is 0.550. The molecule has 1 saturated carbocycles. The molecule has 1 aromatic rings. The van der Waals surface area contributed by atoms with Crippen LogP contribution in [0.2, 0.25) is 0 Å². The number of hydrogen-bond donors (Lipinski definition) is 5. The van der Waals surface area contributed by atoms with Crippen molar-refractivity contribution in [3.05, 3.63) is 35.9 Å². The number of nitrogens with two attached hydrogens (primary N) is 1. The Labute approximate surface area is 178 Å². The third kappa shape index (κ3) is 7.57. The minimum atomic E-state index is -1.89. The highest BCUT2D eigenvalue weighted by Gasteiger charge is 2.44. The summed E-state index contributed by atoms with van der Waals surface area (Å²) in [6.07, 6.45) is 3.64. The molecule has 1 aliphatic carbocycles. The first-order valence-corrected chi connectivity index (χ1v) is 11.8. The van der Waals surface area contributed by atoms with Crippen LogP contribution in [0.25, 0.3) is 0 Å². The van der Waals surface area contributed by atoms with Crippen molar-refractivity contribution in [1.29, 1.82) is 5.41 Å². The average Bonchev–Trinajstić information content (AvgIpc) is 3.19. The van der Waals surface area contributed by atoms with E-state index in [2.05, 4.69) is 15.7 Å². The van der Waals surface area contributed by atoms with E-state index >= 15 is 0 Å². The average molecular weight is 437 g/mol. The second-order valence-corrected chi connectivity index (χ2v) is 8.66. The molecule has 1 fully saturated rings. The van der Waals surface area contributed by atoms with Gasteiger partial charge in [0.15, 0.2) is 5.96 Å². The van der Waals surface area contributed by atoms with E-state index in [1.807, 2.05) is 30.3 Å². The predicted octanol–water partition coefficient (Wildman–Crippen LogP) is 1.21. The highest BCUT2D eigenvalue weighted by atomic mass is 31.2. The second kappa shape index (κ2) is 11.9. The molecule has 164 valence electrons. The molecule has 1 aromatic carbocycles. The zero-order valence-electron chi connectivity index (χ0n) is 17.2. The Kier molecular flexibility index (Phi) is 9.52. The van der Waals surface area contributed by atoms with Gasteiger partial charge in [0, 0.05) is 6.54 Å². The number of carbonyl (C=O) groups excluding carboxylic acids is 2. The monoisotopic (exact) mass is 437 g/mol. The molecule has 1 unspecified atom stereocenters. The molecule has 30 heavy (non-hydrogen) atoms. The molecule has 0 aliphatic heterocycles. The van der Waals surface area contributed by atoms with E-state index in [9.17, 15) is 13.8 Å². The van der Waals surface area contributed by atoms with Gasteiger partial charge in [0.05, 0.1) is 6.04 Å². The number of halogens is 1. The van der Waals surface area contributed by atoms with Crippen LogP contribution in [0.3, 0.4) is 0 Å². The summed E-state index contributed by atoms with van der Waals surface area (Å²) in [5.41, 5.74) is 5.87. The van der Waals surface area contributed by atoms with Crippen LogP contribution in [0.5, 0.6) is 0 Å². The topological polar surface area (TPSA) is 129 Å². The van der Waals surface area contributed by atoms with Gasteiger partial charge in [0.25, 0.3) is 0 Å². The Morgan fingerprint density at radius 2 is 1.97 bits per heavy atom. The molecule has 0 bridgehead atoms. The number of guanidine groups is 1. The van der Waals surface area contributed by atoms with E-state index in [1.165, 1.54) is 7.57 Å². The summed E-state index contributed by atoms with van der Waals surface area (Å²) in [4.78, 5) is 25.4. The zero-order valence-corrected chi connectivity index (χ0v) is 18.1. The summed E-state index contributed by atoms with van der Waals surface area (Å²) in [7, 11) is -0.535. The molecule has 0 heterocycles. The van der Waals surface area contributed by atoms with Crippen molar-refractivity contribution in [1.82, 2.24) is 15.7 Å². The molecule has 2 rings (SSSR count). The first kappa shape index (κ1) is 24.1. The molecule has 6 N–H and O–H groups in total. The third-order valence-corrected chi connectivity index (χ3v) is 5.55. The molecule has 0 aromatic heterocycles. The molecule has 0 saturated heterocycles. The standard InChI is InChI=1S/C19H30BFN5O3P/c20-30(21)26-18(23)24-12-6-9-15(22)16(27)25-19(10-4-5-11-19)17(28)29-13-14-7-2-1-3-8-14/h1-3,7-8,15H,4-6,9-13,20,22H2,(H,25,27)(H3,23,24,26)/t15-,30?/m1/s1. The van der Waals surface area contributed by atoms with Gasteiger partial charge in [-0.1, -0.05) is 43.2 Å². The van der Waals surface area contributed by atoms with Crippen molar-refractivity contribution in [3.8, 4) is 0 Å². The highest BCUT2D eigenvalue weighted by molar-refractivity contribution is 7.76. The molecular weight excluding hydrogens is 407 g/mol. The summed E-state index contributed by atoms with van der Waals surface area (Å²) < 4.78 is 18.3. The van der Waals surface area contributed by atoms with E-state index in [4.69, 9.17) is 15.9 Å². The molecule has 2 atom stereocenters. The molecular formula is C19H30BFN5O3P. The fourth-order valence-corrected chi connectivity index (χ4v) is 3.80. The lowest BCUT2D eigenvalue weighted by Crippen LogP contribution is -2.57. The maximum Gasteiger partial charge on any atom is 0.332 e. The smallest absolute Gasteiger partial charge is 0.332 e. The van der Waals surface area contributed by atoms with Crippen LogP contribution in [-0.2, 0) is 20.9 Å². The van der Waals surface area contributed by atoms with Crippen molar-refractivity contribution in [2.45, 2.75) is 56.7 Å². The van der Waals surface area contributed by atoms with E-state index in [0.29, 0.717) is 32.2 Å². The fourth-order valence-electron chi connectivity index (χ4n) is 3.41. The van der Waals surface area contributed by atoms with E-state index in [1.54, 1.807) is 0 Å². The number of nitrogens with one attached hydrogen (secondary N) is 4. The Balaban J connectivity index is 1.80. The van der Waals surface area contributed by atoms with Crippen molar-refractivity contribution in [2.75, 3.05) is 6.54 Å². The van der Waals surface area contributed by atoms with Gasteiger partial charge in [-0.2, -0.15) is 0 Å². The molecule has 1 amide bonds. The van der Waals surface area contributed by atoms with Gasteiger partial charge in [-0.3, -0.25) is 10.2 Å². The number of ether oxygens (including phenoxy) is 1. The minimum Gasteiger partial charge on any atom is -0.459 e. The number of hydrogen-bond acceptors (Lipinski definition) is 5. The van der Waals surface area contributed by atoms with Crippen molar-refractivity contribution >= 4 is 33.7 Å². The summed E-state index contributed by atoms with van der Waals surface area (Å²) in [6, 6.07) is 8.62. The lowest BCUT2D eigenvalue weighted by molar-refractivity contribution is -0.155. The van der Waals surface area contributed by atoms with Gasteiger partial charge < -0.3 is 26.2 Å². The summed E-state index contributed by atoms with van der Waals surface area (Å²) >= 11 is 0.